The molecule has 0 saturated heterocycles. The number of rotatable bonds is 19. The van der Waals surface area contributed by atoms with Crippen LogP contribution in [0.15, 0.2) is 52.7 Å². The molecule has 0 unspecified atom stereocenters. The van der Waals surface area contributed by atoms with E-state index in [1.165, 1.54) is 82.5 Å². The van der Waals surface area contributed by atoms with Crippen LogP contribution in [0.4, 0.5) is 22.9 Å². The third-order valence-corrected chi connectivity index (χ3v) is 9.63. The average Bonchev–Trinajstić information content (AvgIpc) is 3.67. The molecule has 0 aliphatic carbocycles. The van der Waals surface area contributed by atoms with Crippen LogP contribution in [-0.4, -0.2) is 33.8 Å². The number of anilines is 2. The number of benzene rings is 2. The fraction of sp³-hybridized carbons (Fsp3) is 0.538. The monoisotopic (exact) mass is 682 g/mol. The van der Waals surface area contributed by atoms with E-state index in [1.54, 1.807) is 4.68 Å². The lowest BCUT2D eigenvalue weighted by atomic mass is 9.90. The predicted molar refractivity (Wildman–Crippen MR) is 204 cm³/mol. The number of hydrogen-bond acceptors (Lipinski definition) is 8. The van der Waals surface area contributed by atoms with Crippen LogP contribution in [0.5, 0.6) is 0 Å². The van der Waals surface area contributed by atoms with Crippen molar-refractivity contribution in [2.75, 3.05) is 23.3 Å². The van der Waals surface area contributed by atoms with Gasteiger partial charge in [0.25, 0.3) is 0 Å². The summed E-state index contributed by atoms with van der Waals surface area (Å²) in [5, 5.41) is 28.0. The lowest BCUT2D eigenvalue weighted by Gasteiger charge is -2.26. The van der Waals surface area contributed by atoms with Crippen LogP contribution in [0.3, 0.4) is 0 Å². The second-order valence-corrected chi connectivity index (χ2v) is 14.9. The van der Waals surface area contributed by atoms with Crippen LogP contribution in [-0.2, 0) is 10.2 Å². The maximum absolute atomic E-state index is 12.4. The van der Waals surface area contributed by atoms with Gasteiger partial charge in [-0.1, -0.05) is 122 Å². The SMILES string of the molecule is CCCCCCCCN(CCCCCCCC)c1ccc(N=Nc2c(C#N)c(C(C)(C)C)nn2-c2nc3ccccc3s2)c(NC(C)=O)c1. The third-order valence-electron chi connectivity index (χ3n) is 8.62. The van der Waals surface area contributed by atoms with E-state index in [2.05, 4.69) is 46.4 Å². The molecule has 10 heteroatoms. The molecule has 262 valence electrons. The van der Waals surface area contributed by atoms with Gasteiger partial charge in [-0.2, -0.15) is 15.0 Å². The van der Waals surface area contributed by atoms with Gasteiger partial charge in [0.15, 0.2) is 5.82 Å². The quantitative estimate of drug-likeness (QED) is 0.0781. The van der Waals surface area contributed by atoms with Crippen molar-refractivity contribution in [2.24, 2.45) is 10.2 Å². The van der Waals surface area contributed by atoms with Crippen molar-refractivity contribution in [3.8, 4) is 11.2 Å². The number of fused-ring (bicyclic) bond motifs is 1. The van der Waals surface area contributed by atoms with Gasteiger partial charge < -0.3 is 10.2 Å². The summed E-state index contributed by atoms with van der Waals surface area (Å²) < 4.78 is 2.64. The Kier molecular flexibility index (Phi) is 14.3. The Morgan fingerprint density at radius 3 is 2.14 bits per heavy atom. The van der Waals surface area contributed by atoms with Crippen molar-refractivity contribution in [3.63, 3.8) is 0 Å². The maximum Gasteiger partial charge on any atom is 0.221 e. The van der Waals surface area contributed by atoms with Crippen LogP contribution >= 0.6 is 11.3 Å². The minimum atomic E-state index is -0.407. The highest BCUT2D eigenvalue weighted by Gasteiger charge is 2.29. The fourth-order valence-electron chi connectivity index (χ4n) is 5.95. The Morgan fingerprint density at radius 2 is 1.55 bits per heavy atom. The average molecular weight is 683 g/mol. The molecule has 0 bridgehead atoms. The topological polar surface area (TPSA) is 112 Å². The molecule has 0 saturated carbocycles. The molecule has 0 aliphatic rings. The number of hydrogen-bond donors (Lipinski definition) is 1. The first-order valence-corrected chi connectivity index (χ1v) is 19.0. The Hall–Kier alpha value is -4.10. The molecule has 0 atom stereocenters. The van der Waals surface area contributed by atoms with E-state index < -0.39 is 5.41 Å². The number of nitriles is 1. The standard InChI is InChI=1S/C39H54N8OS/c1-7-9-11-13-15-19-25-46(26-20-16-14-12-10-8-2)30-23-24-32(34(27-30)41-29(3)48)43-44-37-31(28-40)36(39(4,5)6)45-47(37)38-42-33-21-17-18-22-35(33)49-38/h17-18,21-24,27H,7-16,19-20,25-26H2,1-6H3,(H,41,48). The normalized spacial score (nSPS) is 11.8. The smallest absolute Gasteiger partial charge is 0.221 e. The van der Waals surface area contributed by atoms with Crippen molar-refractivity contribution in [3.05, 3.63) is 53.7 Å². The van der Waals surface area contributed by atoms with Crippen molar-refractivity contribution in [2.45, 2.75) is 124 Å². The summed E-state index contributed by atoms with van der Waals surface area (Å²) in [6.45, 7) is 14.0. The first-order chi connectivity index (χ1) is 23.7. The van der Waals surface area contributed by atoms with E-state index in [-0.39, 0.29) is 5.91 Å². The maximum atomic E-state index is 12.4. The van der Waals surface area contributed by atoms with Crippen LogP contribution < -0.4 is 10.2 Å². The van der Waals surface area contributed by atoms with E-state index in [9.17, 15) is 10.1 Å². The highest BCUT2D eigenvalue weighted by Crippen LogP contribution is 2.38. The van der Waals surface area contributed by atoms with E-state index >= 15 is 0 Å². The van der Waals surface area contributed by atoms with Gasteiger partial charge in [0.1, 0.15) is 17.3 Å². The summed E-state index contributed by atoms with van der Waals surface area (Å²) in [6, 6.07) is 16.2. The molecule has 9 nitrogen and oxygen atoms in total. The molecule has 1 N–H and O–H groups in total. The molecule has 2 aromatic carbocycles. The van der Waals surface area contributed by atoms with Gasteiger partial charge >= 0.3 is 0 Å². The van der Waals surface area contributed by atoms with Crippen molar-refractivity contribution in [1.29, 1.82) is 5.26 Å². The van der Waals surface area contributed by atoms with E-state index in [4.69, 9.17) is 10.1 Å². The first-order valence-electron chi connectivity index (χ1n) is 18.1. The number of aromatic nitrogens is 3. The van der Waals surface area contributed by atoms with Gasteiger partial charge in [-0.05, 0) is 43.2 Å². The Labute approximate surface area is 296 Å². The number of nitrogens with zero attached hydrogens (tertiary/aromatic N) is 7. The van der Waals surface area contributed by atoms with Crippen molar-refractivity contribution >= 4 is 50.3 Å². The predicted octanol–water partition coefficient (Wildman–Crippen LogP) is 11.6. The summed E-state index contributed by atoms with van der Waals surface area (Å²) in [5.41, 5.74) is 3.60. The lowest BCUT2D eigenvalue weighted by molar-refractivity contribution is -0.114. The minimum Gasteiger partial charge on any atom is -0.371 e. The molecule has 0 spiro atoms. The van der Waals surface area contributed by atoms with E-state index in [0.717, 1.165) is 41.8 Å². The lowest BCUT2D eigenvalue weighted by Crippen LogP contribution is -2.26. The molecule has 0 fully saturated rings. The molecule has 0 aliphatic heterocycles. The second-order valence-electron chi connectivity index (χ2n) is 13.9. The summed E-state index contributed by atoms with van der Waals surface area (Å²) >= 11 is 1.49. The van der Waals surface area contributed by atoms with Crippen LogP contribution in [0.2, 0.25) is 0 Å². The van der Waals surface area contributed by atoms with E-state index in [0.29, 0.717) is 33.6 Å². The minimum absolute atomic E-state index is 0.181. The molecule has 1 amide bonds. The Morgan fingerprint density at radius 1 is 0.918 bits per heavy atom. The van der Waals surface area contributed by atoms with Crippen LogP contribution in [0.25, 0.3) is 15.3 Å². The highest BCUT2D eigenvalue weighted by molar-refractivity contribution is 7.20. The zero-order valence-electron chi connectivity index (χ0n) is 30.4. The number of thiazole rings is 1. The number of unbranched alkanes of at least 4 members (excludes halogenated alkanes) is 10. The van der Waals surface area contributed by atoms with Gasteiger partial charge in [0.05, 0.1) is 21.6 Å². The van der Waals surface area contributed by atoms with Crippen LogP contribution in [0.1, 0.15) is 130 Å². The molecule has 2 aromatic heterocycles. The fourth-order valence-corrected chi connectivity index (χ4v) is 6.87. The van der Waals surface area contributed by atoms with Gasteiger partial charge in [-0.15, -0.1) is 10.2 Å². The number of azo groups is 1. The Balaban J connectivity index is 1.67. The summed E-state index contributed by atoms with van der Waals surface area (Å²) in [6.07, 6.45) is 14.9. The van der Waals surface area contributed by atoms with Crippen LogP contribution in [0, 0.1) is 11.3 Å². The molecular formula is C39H54N8OS. The number of carbonyl (C=O) groups excluding carboxylic acids is 1. The van der Waals surface area contributed by atoms with Gasteiger partial charge in [-0.3, -0.25) is 4.79 Å². The van der Waals surface area contributed by atoms with Gasteiger partial charge in [0, 0.05) is 31.1 Å². The first kappa shape index (κ1) is 37.7. The highest BCUT2D eigenvalue weighted by atomic mass is 32.1. The Bertz CT molecular complexity index is 1680. The second kappa shape index (κ2) is 18.6. The molecule has 0 radical (unpaired) electrons. The molecule has 4 rings (SSSR count). The summed E-state index contributed by atoms with van der Waals surface area (Å²) in [7, 11) is 0. The molecule has 49 heavy (non-hydrogen) atoms. The molecule has 2 heterocycles. The van der Waals surface area contributed by atoms with Gasteiger partial charge in [-0.25, -0.2) is 4.98 Å². The number of para-hydroxylation sites is 1. The molecular weight excluding hydrogens is 629 g/mol. The largest absolute Gasteiger partial charge is 0.371 e. The zero-order chi connectivity index (χ0) is 35.2. The number of amides is 1. The molecule has 4 aromatic rings. The van der Waals surface area contributed by atoms with Crippen molar-refractivity contribution < 1.29 is 4.79 Å². The summed E-state index contributed by atoms with van der Waals surface area (Å²) in [4.78, 5) is 19.6. The number of nitrogens with one attached hydrogen (secondary N) is 1. The summed E-state index contributed by atoms with van der Waals surface area (Å²) in [5.74, 6) is 0.136. The van der Waals surface area contributed by atoms with Gasteiger partial charge in [0.2, 0.25) is 11.0 Å². The van der Waals surface area contributed by atoms with E-state index in [1.807, 2.05) is 57.2 Å². The number of carbonyl (C=O) groups is 1. The van der Waals surface area contributed by atoms with Crippen molar-refractivity contribution in [1.82, 2.24) is 14.8 Å². The zero-order valence-corrected chi connectivity index (χ0v) is 31.2. The third kappa shape index (κ3) is 10.7.